The van der Waals surface area contributed by atoms with Crippen molar-refractivity contribution in [1.29, 1.82) is 5.26 Å². The lowest BCUT2D eigenvalue weighted by Gasteiger charge is -2.19. The van der Waals surface area contributed by atoms with Crippen molar-refractivity contribution in [3.8, 4) is 11.8 Å². The van der Waals surface area contributed by atoms with Crippen LogP contribution >= 0.6 is 0 Å². The standard InChI is InChI=1S/C15H22N2O/c1-5-11(9-16)15(17)12-6-7-14(18-4)13(8-12)10(2)3/h6-8,10-11,15H,5,17H2,1-4H3. The fourth-order valence-electron chi connectivity index (χ4n) is 2.07. The van der Waals surface area contributed by atoms with E-state index >= 15 is 0 Å². The van der Waals surface area contributed by atoms with Crippen molar-refractivity contribution in [1.82, 2.24) is 0 Å². The number of hydrogen-bond acceptors (Lipinski definition) is 3. The Labute approximate surface area is 110 Å². The van der Waals surface area contributed by atoms with E-state index in [0.29, 0.717) is 5.92 Å². The van der Waals surface area contributed by atoms with Crippen LogP contribution in [0.5, 0.6) is 5.75 Å². The molecule has 0 bridgehead atoms. The van der Waals surface area contributed by atoms with Gasteiger partial charge in [-0.1, -0.05) is 32.9 Å². The van der Waals surface area contributed by atoms with Crippen LogP contribution in [0, 0.1) is 17.2 Å². The zero-order valence-electron chi connectivity index (χ0n) is 11.6. The highest BCUT2D eigenvalue weighted by atomic mass is 16.5. The molecule has 0 saturated carbocycles. The second-order valence-electron chi connectivity index (χ2n) is 4.83. The molecule has 2 N–H and O–H groups in total. The van der Waals surface area contributed by atoms with Gasteiger partial charge >= 0.3 is 0 Å². The first kappa shape index (κ1) is 14.5. The molecule has 0 amide bonds. The number of ether oxygens (including phenoxy) is 1. The van der Waals surface area contributed by atoms with Crippen LogP contribution in [0.15, 0.2) is 18.2 Å². The van der Waals surface area contributed by atoms with Crippen LogP contribution in [0.2, 0.25) is 0 Å². The van der Waals surface area contributed by atoms with Crippen molar-refractivity contribution >= 4 is 0 Å². The van der Waals surface area contributed by atoms with E-state index in [9.17, 15) is 0 Å². The fourth-order valence-corrected chi connectivity index (χ4v) is 2.07. The van der Waals surface area contributed by atoms with Crippen LogP contribution in [-0.2, 0) is 0 Å². The van der Waals surface area contributed by atoms with E-state index in [1.54, 1.807) is 7.11 Å². The van der Waals surface area contributed by atoms with Gasteiger partial charge in [0.2, 0.25) is 0 Å². The summed E-state index contributed by atoms with van der Waals surface area (Å²) in [5.74, 6) is 1.11. The third-order valence-electron chi connectivity index (χ3n) is 3.30. The number of hydrogen-bond donors (Lipinski definition) is 1. The molecule has 0 aliphatic rings. The molecule has 0 saturated heterocycles. The first-order valence-electron chi connectivity index (χ1n) is 6.38. The molecule has 0 fully saturated rings. The van der Waals surface area contributed by atoms with E-state index in [2.05, 4.69) is 26.0 Å². The third-order valence-corrected chi connectivity index (χ3v) is 3.30. The number of nitrogens with zero attached hydrogens (tertiary/aromatic N) is 1. The Bertz CT molecular complexity index is 435. The maximum absolute atomic E-state index is 9.08. The average Bonchev–Trinajstić information content (AvgIpc) is 2.39. The van der Waals surface area contributed by atoms with E-state index in [4.69, 9.17) is 15.7 Å². The monoisotopic (exact) mass is 246 g/mol. The van der Waals surface area contributed by atoms with E-state index in [1.165, 1.54) is 0 Å². The summed E-state index contributed by atoms with van der Waals surface area (Å²) >= 11 is 0. The summed E-state index contributed by atoms with van der Waals surface area (Å²) in [6, 6.07) is 7.99. The SMILES string of the molecule is CCC(C#N)C(N)c1ccc(OC)c(C(C)C)c1. The summed E-state index contributed by atoms with van der Waals surface area (Å²) in [5.41, 5.74) is 8.30. The smallest absolute Gasteiger partial charge is 0.122 e. The molecule has 1 aromatic carbocycles. The van der Waals surface area contributed by atoms with Crippen LogP contribution in [0.1, 0.15) is 50.3 Å². The molecule has 0 aliphatic heterocycles. The molecular weight excluding hydrogens is 224 g/mol. The predicted octanol–water partition coefficient (Wildman–Crippen LogP) is 3.37. The fraction of sp³-hybridized carbons (Fsp3) is 0.533. The molecule has 0 aromatic heterocycles. The lowest BCUT2D eigenvalue weighted by Crippen LogP contribution is -2.20. The summed E-state index contributed by atoms with van der Waals surface area (Å²) in [4.78, 5) is 0. The molecule has 18 heavy (non-hydrogen) atoms. The lowest BCUT2D eigenvalue weighted by atomic mass is 9.90. The van der Waals surface area contributed by atoms with Gasteiger partial charge in [0, 0.05) is 6.04 Å². The molecule has 2 atom stereocenters. The molecule has 1 aromatic rings. The number of rotatable bonds is 5. The van der Waals surface area contributed by atoms with Crippen molar-refractivity contribution in [3.63, 3.8) is 0 Å². The third kappa shape index (κ3) is 3.02. The summed E-state index contributed by atoms with van der Waals surface area (Å²) in [6.45, 7) is 6.23. The molecule has 0 heterocycles. The molecule has 3 heteroatoms. The van der Waals surface area contributed by atoms with Crippen molar-refractivity contribution in [2.45, 2.75) is 39.2 Å². The van der Waals surface area contributed by atoms with Crippen LogP contribution in [-0.4, -0.2) is 7.11 Å². The van der Waals surface area contributed by atoms with Gasteiger partial charge in [0.25, 0.3) is 0 Å². The Balaban J connectivity index is 3.12. The van der Waals surface area contributed by atoms with Crippen LogP contribution in [0.25, 0.3) is 0 Å². The van der Waals surface area contributed by atoms with Gasteiger partial charge in [-0.15, -0.1) is 0 Å². The van der Waals surface area contributed by atoms with Gasteiger partial charge in [0.05, 0.1) is 19.1 Å². The number of benzene rings is 1. The Morgan fingerprint density at radius 3 is 2.50 bits per heavy atom. The number of methoxy groups -OCH3 is 1. The van der Waals surface area contributed by atoms with E-state index in [-0.39, 0.29) is 12.0 Å². The van der Waals surface area contributed by atoms with Crippen molar-refractivity contribution in [2.24, 2.45) is 11.7 Å². The van der Waals surface area contributed by atoms with Gasteiger partial charge in [-0.05, 0) is 29.5 Å². The second kappa shape index (κ2) is 6.42. The zero-order valence-corrected chi connectivity index (χ0v) is 11.6. The zero-order chi connectivity index (χ0) is 13.7. The first-order valence-corrected chi connectivity index (χ1v) is 6.38. The maximum Gasteiger partial charge on any atom is 0.122 e. The highest BCUT2D eigenvalue weighted by Gasteiger charge is 2.19. The summed E-state index contributed by atoms with van der Waals surface area (Å²) in [5, 5.41) is 9.08. The first-order chi connectivity index (χ1) is 8.54. The van der Waals surface area contributed by atoms with Gasteiger partial charge in [-0.3, -0.25) is 0 Å². The number of nitriles is 1. The molecule has 1 rings (SSSR count). The minimum atomic E-state index is -0.233. The van der Waals surface area contributed by atoms with Gasteiger partial charge in [0.15, 0.2) is 0 Å². The summed E-state index contributed by atoms with van der Waals surface area (Å²) in [6.07, 6.45) is 0.765. The lowest BCUT2D eigenvalue weighted by molar-refractivity contribution is 0.406. The largest absolute Gasteiger partial charge is 0.496 e. The van der Waals surface area contributed by atoms with Gasteiger partial charge < -0.3 is 10.5 Å². The highest BCUT2D eigenvalue weighted by molar-refractivity contribution is 5.40. The summed E-state index contributed by atoms with van der Waals surface area (Å²) < 4.78 is 5.35. The van der Waals surface area contributed by atoms with Crippen molar-refractivity contribution < 1.29 is 4.74 Å². The van der Waals surface area contributed by atoms with Crippen LogP contribution in [0.4, 0.5) is 0 Å². The van der Waals surface area contributed by atoms with Crippen molar-refractivity contribution in [2.75, 3.05) is 7.11 Å². The number of nitrogens with two attached hydrogens (primary N) is 1. The quantitative estimate of drug-likeness (QED) is 0.866. The molecule has 0 spiro atoms. The topological polar surface area (TPSA) is 59.0 Å². The van der Waals surface area contributed by atoms with E-state index in [1.807, 2.05) is 19.1 Å². The minimum Gasteiger partial charge on any atom is -0.496 e. The van der Waals surface area contributed by atoms with Gasteiger partial charge in [-0.25, -0.2) is 0 Å². The Hall–Kier alpha value is -1.53. The normalized spacial score (nSPS) is 14.1. The second-order valence-corrected chi connectivity index (χ2v) is 4.83. The molecular formula is C15H22N2O. The summed E-state index contributed by atoms with van der Waals surface area (Å²) in [7, 11) is 1.67. The molecule has 2 unspecified atom stereocenters. The minimum absolute atomic E-state index is 0.140. The molecule has 0 radical (unpaired) electrons. The molecule has 98 valence electrons. The average molecular weight is 246 g/mol. The van der Waals surface area contributed by atoms with E-state index in [0.717, 1.165) is 23.3 Å². The predicted molar refractivity (Wildman–Crippen MR) is 73.4 cm³/mol. The van der Waals surface area contributed by atoms with Gasteiger partial charge in [-0.2, -0.15) is 5.26 Å². The van der Waals surface area contributed by atoms with Crippen LogP contribution < -0.4 is 10.5 Å². The molecule has 3 nitrogen and oxygen atoms in total. The molecule has 0 aliphatic carbocycles. The Morgan fingerprint density at radius 2 is 2.06 bits per heavy atom. The van der Waals surface area contributed by atoms with Gasteiger partial charge in [0.1, 0.15) is 5.75 Å². The Kier molecular flexibility index (Phi) is 5.18. The van der Waals surface area contributed by atoms with E-state index < -0.39 is 0 Å². The Morgan fingerprint density at radius 1 is 1.39 bits per heavy atom. The maximum atomic E-state index is 9.08. The highest BCUT2D eigenvalue weighted by Crippen LogP contribution is 2.31. The van der Waals surface area contributed by atoms with Crippen molar-refractivity contribution in [3.05, 3.63) is 29.3 Å². The van der Waals surface area contributed by atoms with Crippen LogP contribution in [0.3, 0.4) is 0 Å².